The number of aryl methyl sites for hydroxylation is 1. The molecule has 1 unspecified atom stereocenters. The van der Waals surface area contributed by atoms with Crippen LogP contribution in [0.1, 0.15) is 55.7 Å². The molecule has 0 radical (unpaired) electrons. The fourth-order valence-electron chi connectivity index (χ4n) is 3.33. The minimum atomic E-state index is -0.679. The summed E-state index contributed by atoms with van der Waals surface area (Å²) in [4.78, 5) is 35.4. The molecular formula is C19H28N4O3. The molecule has 0 spiro atoms. The molecule has 4 amide bonds. The van der Waals surface area contributed by atoms with Gasteiger partial charge in [0.2, 0.25) is 11.8 Å². The number of primary amides is 1. The van der Waals surface area contributed by atoms with Gasteiger partial charge in [0.05, 0.1) is 12.5 Å². The van der Waals surface area contributed by atoms with E-state index in [1.165, 1.54) is 0 Å². The van der Waals surface area contributed by atoms with Crippen LogP contribution in [-0.4, -0.2) is 30.4 Å². The number of hydrogen-bond acceptors (Lipinski definition) is 3. The molecule has 1 aliphatic rings. The zero-order valence-corrected chi connectivity index (χ0v) is 15.2. The van der Waals surface area contributed by atoms with Crippen molar-refractivity contribution in [2.45, 2.75) is 57.5 Å². The number of hydrogen-bond donors (Lipinski definition) is 4. The van der Waals surface area contributed by atoms with E-state index in [2.05, 4.69) is 16.0 Å². The van der Waals surface area contributed by atoms with Gasteiger partial charge in [-0.15, -0.1) is 0 Å². The molecule has 7 nitrogen and oxygen atoms in total. The summed E-state index contributed by atoms with van der Waals surface area (Å²) in [5, 5.41) is 8.34. The first-order valence-electron chi connectivity index (χ1n) is 9.13. The smallest absolute Gasteiger partial charge is 0.312 e. The summed E-state index contributed by atoms with van der Waals surface area (Å²) in [6, 6.07) is 6.62. The molecule has 2 rings (SSSR count). The zero-order valence-electron chi connectivity index (χ0n) is 15.2. The Hall–Kier alpha value is -2.57. The van der Waals surface area contributed by atoms with Gasteiger partial charge in [0.15, 0.2) is 0 Å². The van der Waals surface area contributed by atoms with E-state index < -0.39 is 12.1 Å². The molecule has 1 atom stereocenters. The largest absolute Gasteiger partial charge is 0.356 e. The number of rotatable bonds is 8. The van der Waals surface area contributed by atoms with Crippen molar-refractivity contribution >= 4 is 17.8 Å². The number of amides is 4. The first-order chi connectivity index (χ1) is 12.5. The van der Waals surface area contributed by atoms with E-state index in [1.807, 2.05) is 31.2 Å². The predicted molar refractivity (Wildman–Crippen MR) is 99.3 cm³/mol. The fourth-order valence-corrected chi connectivity index (χ4v) is 3.33. The normalized spacial score (nSPS) is 15.3. The van der Waals surface area contributed by atoms with Crippen molar-refractivity contribution in [3.63, 3.8) is 0 Å². The molecule has 0 bridgehead atoms. The lowest BCUT2D eigenvalue weighted by atomic mass is 9.98. The molecule has 1 saturated carbocycles. The van der Waals surface area contributed by atoms with Gasteiger partial charge in [-0.05, 0) is 30.9 Å². The third kappa shape index (κ3) is 6.38. The van der Waals surface area contributed by atoms with Crippen molar-refractivity contribution in [1.29, 1.82) is 0 Å². The van der Waals surface area contributed by atoms with Gasteiger partial charge in [0.25, 0.3) is 0 Å². The highest BCUT2D eigenvalue weighted by Gasteiger charge is 2.20. The lowest BCUT2D eigenvalue weighted by Crippen LogP contribution is -2.38. The third-order valence-electron chi connectivity index (χ3n) is 4.66. The van der Waals surface area contributed by atoms with Gasteiger partial charge in [-0.25, -0.2) is 4.79 Å². The molecule has 0 aliphatic heterocycles. The zero-order chi connectivity index (χ0) is 18.9. The second-order valence-electron chi connectivity index (χ2n) is 6.77. The maximum absolute atomic E-state index is 12.2. The number of carbonyl (C=O) groups excluding carboxylic acids is 3. The van der Waals surface area contributed by atoms with Crippen LogP contribution < -0.4 is 21.7 Å². The van der Waals surface area contributed by atoms with Crippen molar-refractivity contribution in [3.05, 3.63) is 35.4 Å². The number of nitrogens with one attached hydrogen (secondary N) is 3. The molecule has 0 heterocycles. The molecule has 0 saturated heterocycles. The molecule has 142 valence electrons. The summed E-state index contributed by atoms with van der Waals surface area (Å²) in [6.45, 7) is 2.19. The van der Waals surface area contributed by atoms with Gasteiger partial charge < -0.3 is 21.7 Å². The minimum absolute atomic E-state index is 0.0390. The van der Waals surface area contributed by atoms with Crippen molar-refractivity contribution < 1.29 is 14.4 Å². The van der Waals surface area contributed by atoms with E-state index >= 15 is 0 Å². The van der Waals surface area contributed by atoms with Gasteiger partial charge in [-0.3, -0.25) is 9.59 Å². The molecule has 1 aromatic carbocycles. The Kier molecular flexibility index (Phi) is 7.44. The van der Waals surface area contributed by atoms with Crippen LogP contribution in [-0.2, 0) is 9.59 Å². The second kappa shape index (κ2) is 9.79. The fraction of sp³-hybridized carbons (Fsp3) is 0.526. The third-order valence-corrected chi connectivity index (χ3v) is 4.66. The van der Waals surface area contributed by atoms with Crippen molar-refractivity contribution in [3.8, 4) is 0 Å². The van der Waals surface area contributed by atoms with E-state index in [4.69, 9.17) is 5.73 Å². The first-order valence-corrected chi connectivity index (χ1v) is 9.13. The summed E-state index contributed by atoms with van der Waals surface area (Å²) < 4.78 is 0. The molecule has 1 fully saturated rings. The van der Waals surface area contributed by atoms with Gasteiger partial charge in [-0.2, -0.15) is 0 Å². The van der Waals surface area contributed by atoms with E-state index in [1.54, 1.807) is 0 Å². The van der Waals surface area contributed by atoms with Crippen molar-refractivity contribution in [2.75, 3.05) is 6.54 Å². The Balaban J connectivity index is 1.80. The first kappa shape index (κ1) is 19.8. The van der Waals surface area contributed by atoms with E-state index in [-0.39, 0.29) is 37.2 Å². The van der Waals surface area contributed by atoms with E-state index in [0.29, 0.717) is 0 Å². The molecule has 26 heavy (non-hydrogen) atoms. The standard InChI is InChI=1S/C19H28N4O3/c1-13-6-2-5-9-15(13)16(23-19(20)26)12-18(25)21-11-10-17(24)22-14-7-3-4-8-14/h2,5-6,9,14,16H,3-4,7-8,10-12H2,1H3,(H,21,25)(H,22,24)(H3,20,23,26). The summed E-state index contributed by atoms with van der Waals surface area (Å²) in [5.41, 5.74) is 7.05. The highest BCUT2D eigenvalue weighted by Crippen LogP contribution is 2.20. The van der Waals surface area contributed by atoms with Crippen LogP contribution in [0.4, 0.5) is 4.79 Å². The van der Waals surface area contributed by atoms with Crippen LogP contribution in [0.3, 0.4) is 0 Å². The molecule has 0 aromatic heterocycles. The summed E-state index contributed by atoms with van der Waals surface area (Å²) >= 11 is 0. The van der Waals surface area contributed by atoms with Crippen LogP contribution in [0, 0.1) is 6.92 Å². The summed E-state index contributed by atoms with van der Waals surface area (Å²) in [5.74, 6) is -0.274. The number of urea groups is 1. The highest BCUT2D eigenvalue weighted by atomic mass is 16.2. The Labute approximate surface area is 154 Å². The van der Waals surface area contributed by atoms with Crippen LogP contribution >= 0.6 is 0 Å². The molecule has 7 heteroatoms. The summed E-state index contributed by atoms with van der Waals surface area (Å²) in [7, 11) is 0. The molecule has 1 aliphatic carbocycles. The van der Waals surface area contributed by atoms with Gasteiger partial charge in [0, 0.05) is 19.0 Å². The average molecular weight is 360 g/mol. The van der Waals surface area contributed by atoms with Crippen molar-refractivity contribution in [2.24, 2.45) is 5.73 Å². The van der Waals surface area contributed by atoms with Crippen LogP contribution in [0.5, 0.6) is 0 Å². The topological polar surface area (TPSA) is 113 Å². The van der Waals surface area contributed by atoms with Gasteiger partial charge in [0.1, 0.15) is 0 Å². The van der Waals surface area contributed by atoms with Gasteiger partial charge in [-0.1, -0.05) is 37.1 Å². The predicted octanol–water partition coefficient (Wildman–Crippen LogP) is 1.66. The Bertz CT molecular complexity index is 641. The maximum atomic E-state index is 12.2. The van der Waals surface area contributed by atoms with E-state index in [0.717, 1.165) is 36.8 Å². The van der Waals surface area contributed by atoms with Crippen LogP contribution in [0.2, 0.25) is 0 Å². The molecular weight excluding hydrogens is 332 g/mol. The molecule has 1 aromatic rings. The lowest BCUT2D eigenvalue weighted by molar-refractivity contribution is -0.122. The Morgan fingerprint density at radius 1 is 1.15 bits per heavy atom. The second-order valence-corrected chi connectivity index (χ2v) is 6.77. The van der Waals surface area contributed by atoms with Crippen molar-refractivity contribution in [1.82, 2.24) is 16.0 Å². The monoisotopic (exact) mass is 360 g/mol. The molecule has 5 N–H and O–H groups in total. The summed E-state index contributed by atoms with van der Waals surface area (Å²) in [6.07, 6.45) is 4.71. The Morgan fingerprint density at radius 2 is 1.85 bits per heavy atom. The average Bonchev–Trinajstić information content (AvgIpc) is 3.07. The minimum Gasteiger partial charge on any atom is -0.356 e. The van der Waals surface area contributed by atoms with E-state index in [9.17, 15) is 14.4 Å². The highest BCUT2D eigenvalue weighted by molar-refractivity contribution is 5.80. The number of carbonyl (C=O) groups is 3. The maximum Gasteiger partial charge on any atom is 0.312 e. The van der Waals surface area contributed by atoms with Crippen LogP contribution in [0.15, 0.2) is 24.3 Å². The Morgan fingerprint density at radius 3 is 2.50 bits per heavy atom. The number of nitrogens with two attached hydrogens (primary N) is 1. The number of benzene rings is 1. The SMILES string of the molecule is Cc1ccccc1C(CC(=O)NCCC(=O)NC1CCCC1)NC(N)=O. The van der Waals surface area contributed by atoms with Crippen LogP contribution in [0.25, 0.3) is 0 Å². The lowest BCUT2D eigenvalue weighted by Gasteiger charge is -2.19. The van der Waals surface area contributed by atoms with Gasteiger partial charge >= 0.3 is 6.03 Å². The quantitative estimate of drug-likeness (QED) is 0.565.